The molecule has 21 heavy (non-hydrogen) atoms. The maximum atomic E-state index is 14.2. The molecule has 0 bridgehead atoms. The number of halogens is 2. The molecule has 1 rings (SSSR count). The molecule has 0 saturated carbocycles. The second kappa shape index (κ2) is 7.79. The van der Waals surface area contributed by atoms with Gasteiger partial charge in [0.05, 0.1) is 11.1 Å². The van der Waals surface area contributed by atoms with Gasteiger partial charge in [-0.2, -0.15) is 0 Å². The van der Waals surface area contributed by atoms with E-state index in [1.165, 1.54) is 6.07 Å². The molecule has 2 unspecified atom stereocenters. The molecule has 0 aliphatic rings. The van der Waals surface area contributed by atoms with Crippen LogP contribution >= 0.6 is 11.6 Å². The zero-order chi connectivity index (χ0) is 16.2. The van der Waals surface area contributed by atoms with Crippen LogP contribution in [0.25, 0.3) is 0 Å². The highest BCUT2D eigenvalue weighted by molar-refractivity contribution is 7.90. The highest BCUT2D eigenvalue weighted by Gasteiger charge is 2.31. The smallest absolute Gasteiger partial charge is 0.146 e. The Kier molecular flexibility index (Phi) is 6.94. The molecule has 0 saturated heterocycles. The van der Waals surface area contributed by atoms with E-state index in [0.29, 0.717) is 12.0 Å². The van der Waals surface area contributed by atoms with E-state index in [-0.39, 0.29) is 11.1 Å². The summed E-state index contributed by atoms with van der Waals surface area (Å²) in [6.07, 6.45) is 0.645. The van der Waals surface area contributed by atoms with Crippen LogP contribution in [0.5, 0.6) is 0 Å². The van der Waals surface area contributed by atoms with Gasteiger partial charge in [-0.1, -0.05) is 23.7 Å². The van der Waals surface area contributed by atoms with Crippen molar-refractivity contribution >= 4 is 23.0 Å². The van der Waals surface area contributed by atoms with Crippen molar-refractivity contribution < 1.29 is 8.94 Å². The first-order chi connectivity index (χ1) is 9.62. The Balaban J connectivity index is 2.99. The Labute approximate surface area is 135 Å². The van der Waals surface area contributed by atoms with E-state index < -0.39 is 21.9 Å². The zero-order valence-electron chi connectivity index (χ0n) is 13.2. The van der Waals surface area contributed by atoms with Crippen molar-refractivity contribution in [3.05, 3.63) is 34.6 Å². The largest absolute Gasteiger partial charge is 0.598 e. The maximum absolute atomic E-state index is 14.2. The normalized spacial score (nSPS) is 15.3. The van der Waals surface area contributed by atoms with Gasteiger partial charge >= 0.3 is 0 Å². The Morgan fingerprint density at radius 1 is 1.38 bits per heavy atom. The van der Waals surface area contributed by atoms with Crippen LogP contribution in [0, 0.1) is 5.82 Å². The summed E-state index contributed by atoms with van der Waals surface area (Å²) in [6, 6.07) is 4.58. The third-order valence-corrected chi connectivity index (χ3v) is 4.93. The van der Waals surface area contributed by atoms with E-state index in [1.807, 2.05) is 39.8 Å². The van der Waals surface area contributed by atoms with Crippen LogP contribution in [0.1, 0.15) is 38.8 Å². The quantitative estimate of drug-likeness (QED) is 0.809. The molecule has 0 heterocycles. The number of nitrogens with zero attached hydrogens (tertiary/aromatic N) is 1. The number of benzene rings is 1. The molecule has 0 fully saturated rings. The molecular formula is C15H24ClFN2OS. The van der Waals surface area contributed by atoms with Crippen LogP contribution in [0.3, 0.4) is 0 Å². The summed E-state index contributed by atoms with van der Waals surface area (Å²) in [6.45, 7) is 6.40. The SMILES string of the molecule is CN(C)CCC(N[S+]([O-])C(C)(C)C)c1cccc(Cl)c1F. The Bertz CT molecular complexity index is 465. The first-order valence-corrected chi connectivity index (χ1v) is 8.42. The van der Waals surface area contributed by atoms with E-state index in [9.17, 15) is 8.94 Å². The van der Waals surface area contributed by atoms with Gasteiger partial charge in [0.2, 0.25) is 0 Å². The minimum atomic E-state index is -1.28. The van der Waals surface area contributed by atoms with E-state index in [2.05, 4.69) is 4.72 Å². The average Bonchev–Trinajstić information content (AvgIpc) is 2.36. The summed E-state index contributed by atoms with van der Waals surface area (Å²) in [5.74, 6) is -0.443. The molecule has 0 radical (unpaired) electrons. The maximum Gasteiger partial charge on any atom is 0.146 e. The van der Waals surface area contributed by atoms with Crippen molar-refractivity contribution in [2.24, 2.45) is 0 Å². The van der Waals surface area contributed by atoms with Crippen LogP contribution in [-0.4, -0.2) is 34.8 Å². The number of hydrogen-bond acceptors (Lipinski definition) is 3. The van der Waals surface area contributed by atoms with Gasteiger partial charge < -0.3 is 9.45 Å². The third-order valence-electron chi connectivity index (χ3n) is 3.03. The number of rotatable bonds is 6. The number of nitrogens with one attached hydrogen (secondary N) is 1. The molecule has 1 aromatic carbocycles. The van der Waals surface area contributed by atoms with E-state index >= 15 is 0 Å². The first kappa shape index (κ1) is 18.7. The predicted molar refractivity (Wildman–Crippen MR) is 88.4 cm³/mol. The fourth-order valence-electron chi connectivity index (χ4n) is 1.76. The van der Waals surface area contributed by atoms with Gasteiger partial charge in [0.1, 0.15) is 10.6 Å². The summed E-state index contributed by atoms with van der Waals surface area (Å²) >= 11 is 4.58. The molecule has 1 aromatic rings. The summed E-state index contributed by atoms with van der Waals surface area (Å²) in [5, 5.41) is 0.0886. The highest BCUT2D eigenvalue weighted by atomic mass is 35.5. The Morgan fingerprint density at radius 3 is 2.52 bits per heavy atom. The van der Waals surface area contributed by atoms with Gasteiger partial charge in [-0.05, 0) is 53.9 Å². The summed E-state index contributed by atoms with van der Waals surface area (Å²) in [7, 11) is 3.90. The molecule has 3 nitrogen and oxygen atoms in total. The van der Waals surface area contributed by atoms with Crippen LogP contribution in [-0.2, 0) is 11.4 Å². The van der Waals surface area contributed by atoms with Crippen molar-refractivity contribution in [3.8, 4) is 0 Å². The zero-order valence-corrected chi connectivity index (χ0v) is 14.8. The van der Waals surface area contributed by atoms with Crippen molar-refractivity contribution in [1.82, 2.24) is 9.62 Å². The van der Waals surface area contributed by atoms with Gasteiger partial charge in [0.15, 0.2) is 0 Å². The molecule has 0 aromatic heterocycles. The van der Waals surface area contributed by atoms with Crippen molar-refractivity contribution in [1.29, 1.82) is 0 Å². The van der Waals surface area contributed by atoms with E-state index in [1.54, 1.807) is 12.1 Å². The lowest BCUT2D eigenvalue weighted by atomic mass is 10.0. The van der Waals surface area contributed by atoms with Crippen LogP contribution in [0.4, 0.5) is 4.39 Å². The lowest BCUT2D eigenvalue weighted by Crippen LogP contribution is -2.42. The molecule has 2 atom stereocenters. The van der Waals surface area contributed by atoms with Crippen molar-refractivity contribution in [2.75, 3.05) is 20.6 Å². The van der Waals surface area contributed by atoms with E-state index in [0.717, 1.165) is 6.54 Å². The van der Waals surface area contributed by atoms with Crippen molar-refractivity contribution in [3.63, 3.8) is 0 Å². The van der Waals surface area contributed by atoms with E-state index in [4.69, 9.17) is 11.6 Å². The van der Waals surface area contributed by atoms with Crippen LogP contribution in [0.2, 0.25) is 5.02 Å². The van der Waals surface area contributed by atoms with Crippen LogP contribution < -0.4 is 4.72 Å². The standard InChI is InChI=1S/C15H24ClFN2OS/c1-15(2,3)21(20)18-13(9-10-19(4)5)11-7-6-8-12(16)14(11)17/h6-8,13,18H,9-10H2,1-5H3. The van der Waals surface area contributed by atoms with Gasteiger partial charge in [0.25, 0.3) is 0 Å². The van der Waals surface area contributed by atoms with Gasteiger partial charge in [-0.3, -0.25) is 0 Å². The minimum Gasteiger partial charge on any atom is -0.598 e. The van der Waals surface area contributed by atoms with Gasteiger partial charge in [0, 0.05) is 16.9 Å². The second-order valence-corrected chi connectivity index (χ2v) is 8.69. The topological polar surface area (TPSA) is 38.3 Å². The lowest BCUT2D eigenvalue weighted by Gasteiger charge is -2.29. The Morgan fingerprint density at radius 2 is 2.00 bits per heavy atom. The second-order valence-electron chi connectivity index (χ2n) is 6.29. The number of hydrogen-bond donors (Lipinski definition) is 1. The molecule has 0 aliphatic carbocycles. The van der Waals surface area contributed by atoms with Gasteiger partial charge in [-0.15, -0.1) is 4.72 Å². The van der Waals surface area contributed by atoms with Crippen LogP contribution in [0.15, 0.2) is 18.2 Å². The Hall–Kier alpha value is -0.330. The molecule has 0 spiro atoms. The fraction of sp³-hybridized carbons (Fsp3) is 0.600. The molecule has 0 amide bonds. The summed E-state index contributed by atoms with van der Waals surface area (Å²) in [4.78, 5) is 2.01. The van der Waals surface area contributed by atoms with Gasteiger partial charge in [-0.25, -0.2) is 4.39 Å². The summed E-state index contributed by atoms with van der Waals surface area (Å²) in [5.41, 5.74) is 0.460. The highest BCUT2D eigenvalue weighted by Crippen LogP contribution is 2.28. The average molecular weight is 335 g/mol. The van der Waals surface area contributed by atoms with Crippen molar-refractivity contribution in [2.45, 2.75) is 38.0 Å². The predicted octanol–water partition coefficient (Wildman–Crippen LogP) is 3.52. The molecule has 0 aliphatic heterocycles. The molecule has 120 valence electrons. The lowest BCUT2D eigenvalue weighted by molar-refractivity contribution is 0.370. The monoisotopic (exact) mass is 334 g/mol. The molecule has 6 heteroatoms. The molecule has 1 N–H and O–H groups in total. The third kappa shape index (κ3) is 5.75. The first-order valence-electron chi connectivity index (χ1n) is 6.89. The molecular weight excluding hydrogens is 311 g/mol. The fourth-order valence-corrected chi connectivity index (χ4v) is 2.80. The summed E-state index contributed by atoms with van der Waals surface area (Å²) < 4.78 is 29.2. The minimum absolute atomic E-state index is 0.0886.